The molecule has 1 rings (SSSR count). The van der Waals surface area contributed by atoms with Gasteiger partial charge in [0.2, 0.25) is 15.9 Å². The second kappa shape index (κ2) is 7.89. The van der Waals surface area contributed by atoms with Gasteiger partial charge in [-0.1, -0.05) is 6.07 Å². The van der Waals surface area contributed by atoms with Gasteiger partial charge >= 0.3 is 0 Å². The molecular formula is C14H20N4O3S. The molecule has 0 aromatic heterocycles. The van der Waals surface area contributed by atoms with Crippen molar-refractivity contribution in [1.82, 2.24) is 9.62 Å². The number of anilines is 1. The van der Waals surface area contributed by atoms with E-state index in [0.29, 0.717) is 24.2 Å². The quantitative estimate of drug-likeness (QED) is 0.768. The third-order valence-corrected chi connectivity index (χ3v) is 4.61. The summed E-state index contributed by atoms with van der Waals surface area (Å²) in [6.07, 6.45) is 0.346. The number of nitriles is 1. The molecule has 22 heavy (non-hydrogen) atoms. The highest BCUT2D eigenvalue weighted by Crippen LogP contribution is 2.19. The van der Waals surface area contributed by atoms with Crippen LogP contribution in [-0.4, -0.2) is 46.4 Å². The first-order valence-electron chi connectivity index (χ1n) is 6.69. The van der Waals surface area contributed by atoms with E-state index in [2.05, 4.69) is 10.0 Å². The van der Waals surface area contributed by atoms with E-state index >= 15 is 0 Å². The van der Waals surface area contributed by atoms with Crippen molar-refractivity contribution in [3.05, 3.63) is 23.8 Å². The number of nitrogens with zero attached hydrogens (tertiary/aromatic N) is 2. The lowest BCUT2D eigenvalue weighted by Crippen LogP contribution is -2.30. The Morgan fingerprint density at radius 3 is 2.68 bits per heavy atom. The number of likely N-dealkylation sites (N-methyl/N-ethyl adjacent to an activating group) is 1. The number of carbonyl (C=O) groups excluding carboxylic acids is 1. The number of hydrogen-bond acceptors (Lipinski definition) is 5. The van der Waals surface area contributed by atoms with Crippen LogP contribution in [-0.2, 0) is 14.8 Å². The monoisotopic (exact) mass is 324 g/mol. The van der Waals surface area contributed by atoms with E-state index in [1.165, 1.54) is 13.1 Å². The molecule has 0 saturated carbocycles. The lowest BCUT2D eigenvalue weighted by atomic mass is 10.2. The summed E-state index contributed by atoms with van der Waals surface area (Å²) in [6.45, 7) is 2.31. The maximum absolute atomic E-state index is 11.9. The van der Waals surface area contributed by atoms with Gasteiger partial charge in [-0.05, 0) is 38.7 Å². The average molecular weight is 324 g/mol. The molecule has 0 radical (unpaired) electrons. The summed E-state index contributed by atoms with van der Waals surface area (Å²) in [4.78, 5) is 13.8. The molecular weight excluding hydrogens is 304 g/mol. The number of carbonyl (C=O) groups is 1. The third-order valence-electron chi connectivity index (χ3n) is 3.05. The maximum atomic E-state index is 11.9. The van der Waals surface area contributed by atoms with E-state index in [1.54, 1.807) is 31.0 Å². The molecule has 0 saturated heterocycles. The van der Waals surface area contributed by atoms with Crippen LogP contribution >= 0.6 is 0 Å². The zero-order valence-corrected chi connectivity index (χ0v) is 13.7. The highest BCUT2D eigenvalue weighted by Gasteiger charge is 2.16. The van der Waals surface area contributed by atoms with E-state index < -0.39 is 10.0 Å². The molecule has 7 nitrogen and oxygen atoms in total. The Labute approximate surface area is 131 Å². The highest BCUT2D eigenvalue weighted by atomic mass is 32.2. The SMILES string of the molecule is CNS(=O)(=O)c1cc(NC(=O)CN(C)CCC#N)ccc1C. The van der Waals surface area contributed by atoms with Crippen molar-refractivity contribution in [1.29, 1.82) is 5.26 Å². The van der Waals surface area contributed by atoms with Gasteiger partial charge in [0.1, 0.15) is 0 Å². The van der Waals surface area contributed by atoms with Crippen LogP contribution in [0.15, 0.2) is 23.1 Å². The Bertz CT molecular complexity index is 680. The molecule has 0 aliphatic heterocycles. The van der Waals surface area contributed by atoms with Gasteiger partial charge in [0.05, 0.1) is 17.5 Å². The molecule has 0 bridgehead atoms. The van der Waals surface area contributed by atoms with Gasteiger partial charge in [-0.3, -0.25) is 9.69 Å². The average Bonchev–Trinajstić information content (AvgIpc) is 2.46. The topological polar surface area (TPSA) is 102 Å². The maximum Gasteiger partial charge on any atom is 0.240 e. The van der Waals surface area contributed by atoms with Crippen molar-refractivity contribution < 1.29 is 13.2 Å². The van der Waals surface area contributed by atoms with Crippen molar-refractivity contribution in [2.45, 2.75) is 18.2 Å². The summed E-state index contributed by atoms with van der Waals surface area (Å²) in [6, 6.07) is 6.72. The fraction of sp³-hybridized carbons (Fsp3) is 0.429. The first-order valence-corrected chi connectivity index (χ1v) is 8.18. The largest absolute Gasteiger partial charge is 0.325 e. The van der Waals surface area contributed by atoms with Crippen molar-refractivity contribution >= 4 is 21.6 Å². The molecule has 0 heterocycles. The van der Waals surface area contributed by atoms with Crippen LogP contribution < -0.4 is 10.0 Å². The van der Waals surface area contributed by atoms with Crippen molar-refractivity contribution in [3.8, 4) is 6.07 Å². The van der Waals surface area contributed by atoms with E-state index in [-0.39, 0.29) is 17.3 Å². The summed E-state index contributed by atoms with van der Waals surface area (Å²) in [5, 5.41) is 11.2. The molecule has 1 amide bonds. The number of rotatable bonds is 7. The summed E-state index contributed by atoms with van der Waals surface area (Å²) >= 11 is 0. The Kier molecular flexibility index (Phi) is 6.49. The summed E-state index contributed by atoms with van der Waals surface area (Å²) in [5.74, 6) is -0.267. The van der Waals surface area contributed by atoms with Crippen LogP contribution in [0.4, 0.5) is 5.69 Å². The standard InChI is InChI=1S/C14H20N4O3S/c1-11-5-6-12(9-13(11)22(20,21)16-2)17-14(19)10-18(3)8-4-7-15/h5-6,9,16H,4,8,10H2,1-3H3,(H,17,19). The second-order valence-corrected chi connectivity index (χ2v) is 6.74. The van der Waals surface area contributed by atoms with Crippen LogP contribution in [0.25, 0.3) is 0 Å². The lowest BCUT2D eigenvalue weighted by molar-refractivity contribution is -0.117. The van der Waals surface area contributed by atoms with Gasteiger partial charge in [0.25, 0.3) is 0 Å². The van der Waals surface area contributed by atoms with E-state index in [4.69, 9.17) is 5.26 Å². The molecule has 0 fully saturated rings. The van der Waals surface area contributed by atoms with E-state index in [9.17, 15) is 13.2 Å². The Hall–Kier alpha value is -1.95. The van der Waals surface area contributed by atoms with Crippen LogP contribution in [0.2, 0.25) is 0 Å². The molecule has 0 aliphatic carbocycles. The molecule has 2 N–H and O–H groups in total. The van der Waals surface area contributed by atoms with Gasteiger partial charge in [0, 0.05) is 18.7 Å². The molecule has 0 spiro atoms. The number of amides is 1. The van der Waals surface area contributed by atoms with Crippen LogP contribution in [0.3, 0.4) is 0 Å². The number of sulfonamides is 1. The first-order chi connectivity index (χ1) is 10.3. The minimum atomic E-state index is -3.57. The van der Waals surface area contributed by atoms with Gasteiger partial charge in [-0.15, -0.1) is 0 Å². The van der Waals surface area contributed by atoms with Crippen LogP contribution in [0, 0.1) is 18.3 Å². The predicted molar refractivity (Wildman–Crippen MR) is 83.8 cm³/mol. The smallest absolute Gasteiger partial charge is 0.240 e. The Morgan fingerprint density at radius 2 is 2.09 bits per heavy atom. The summed E-state index contributed by atoms with van der Waals surface area (Å²) in [5.41, 5.74) is 1.01. The molecule has 120 valence electrons. The zero-order valence-electron chi connectivity index (χ0n) is 12.9. The fourth-order valence-corrected chi connectivity index (χ4v) is 2.84. The molecule has 0 atom stereocenters. The van der Waals surface area contributed by atoms with Crippen LogP contribution in [0.5, 0.6) is 0 Å². The molecule has 0 aliphatic rings. The minimum Gasteiger partial charge on any atom is -0.325 e. The van der Waals surface area contributed by atoms with Gasteiger partial charge in [-0.2, -0.15) is 5.26 Å². The molecule has 8 heteroatoms. The second-order valence-electron chi connectivity index (χ2n) is 4.88. The molecule has 0 unspecified atom stereocenters. The number of hydrogen-bond donors (Lipinski definition) is 2. The predicted octanol–water partition coefficient (Wildman–Crippen LogP) is 0.687. The van der Waals surface area contributed by atoms with Crippen molar-refractivity contribution in [2.24, 2.45) is 0 Å². The number of aryl methyl sites for hydroxylation is 1. The first kappa shape index (κ1) is 18.1. The minimum absolute atomic E-state index is 0.129. The van der Waals surface area contributed by atoms with E-state index in [1.807, 2.05) is 6.07 Å². The normalized spacial score (nSPS) is 11.2. The Morgan fingerprint density at radius 1 is 1.41 bits per heavy atom. The number of nitrogens with one attached hydrogen (secondary N) is 2. The summed E-state index contributed by atoms with van der Waals surface area (Å²) < 4.78 is 26.0. The lowest BCUT2D eigenvalue weighted by Gasteiger charge is -2.15. The molecule has 1 aromatic rings. The van der Waals surface area contributed by atoms with Gasteiger partial charge in [0.15, 0.2) is 0 Å². The van der Waals surface area contributed by atoms with Crippen molar-refractivity contribution in [2.75, 3.05) is 32.5 Å². The van der Waals surface area contributed by atoms with Gasteiger partial charge in [-0.25, -0.2) is 13.1 Å². The van der Waals surface area contributed by atoms with Crippen molar-refractivity contribution in [3.63, 3.8) is 0 Å². The summed E-state index contributed by atoms with van der Waals surface area (Å²) in [7, 11) is -0.493. The van der Waals surface area contributed by atoms with Gasteiger partial charge < -0.3 is 5.32 Å². The number of benzene rings is 1. The Balaban J connectivity index is 2.81. The fourth-order valence-electron chi connectivity index (χ4n) is 1.84. The zero-order chi connectivity index (χ0) is 16.8. The third kappa shape index (κ3) is 5.11. The molecule has 1 aromatic carbocycles. The highest BCUT2D eigenvalue weighted by molar-refractivity contribution is 7.89. The van der Waals surface area contributed by atoms with E-state index in [0.717, 1.165) is 0 Å². The van der Waals surface area contributed by atoms with Crippen LogP contribution in [0.1, 0.15) is 12.0 Å².